The van der Waals surface area contributed by atoms with Crippen LogP contribution in [0.15, 0.2) is 27.5 Å². The Hall–Kier alpha value is -1.56. The summed E-state index contributed by atoms with van der Waals surface area (Å²) in [7, 11) is -3.65. The number of nitrogens with one attached hydrogen (secondary N) is 1. The molecule has 0 saturated heterocycles. The van der Waals surface area contributed by atoms with Gasteiger partial charge >= 0.3 is 0 Å². The Morgan fingerprint density at radius 1 is 1.43 bits per heavy atom. The molecule has 0 radical (unpaired) electrons. The molecule has 0 saturated carbocycles. The minimum absolute atomic E-state index is 0.00287. The fourth-order valence-electron chi connectivity index (χ4n) is 1.27. The first-order valence-electron chi connectivity index (χ1n) is 3.91. The standard InChI is InChI=1S/C8H8N2O3S/c1-5-9-7-3-2-6(11)4-8(7)14(12,13)10-5/h2-4,11H,1H3,(H,9,10). The van der Waals surface area contributed by atoms with Gasteiger partial charge in [-0.05, 0) is 19.1 Å². The van der Waals surface area contributed by atoms with Crippen molar-refractivity contribution < 1.29 is 13.5 Å². The van der Waals surface area contributed by atoms with Gasteiger partial charge in [0, 0.05) is 6.07 Å². The Bertz CT molecular complexity index is 519. The number of nitrogens with zero attached hydrogens (tertiary/aromatic N) is 1. The van der Waals surface area contributed by atoms with Crippen LogP contribution in [0.3, 0.4) is 0 Å². The molecule has 5 nitrogen and oxygen atoms in total. The number of hydrogen-bond acceptors (Lipinski definition) is 4. The number of amidine groups is 1. The lowest BCUT2D eigenvalue weighted by atomic mass is 10.3. The Labute approximate surface area is 81.2 Å². The van der Waals surface area contributed by atoms with Crippen LogP contribution in [0.5, 0.6) is 5.75 Å². The van der Waals surface area contributed by atoms with Crippen LogP contribution in [0.1, 0.15) is 6.92 Å². The van der Waals surface area contributed by atoms with Gasteiger partial charge in [0.05, 0.1) is 5.69 Å². The van der Waals surface area contributed by atoms with Crippen molar-refractivity contribution in [2.45, 2.75) is 11.8 Å². The number of benzene rings is 1. The van der Waals surface area contributed by atoms with E-state index in [4.69, 9.17) is 5.11 Å². The van der Waals surface area contributed by atoms with E-state index in [1.54, 1.807) is 6.92 Å². The highest BCUT2D eigenvalue weighted by atomic mass is 32.2. The maximum absolute atomic E-state index is 11.5. The largest absolute Gasteiger partial charge is 0.508 e. The maximum atomic E-state index is 11.5. The zero-order chi connectivity index (χ0) is 10.3. The molecule has 74 valence electrons. The Morgan fingerprint density at radius 3 is 2.86 bits per heavy atom. The average Bonchev–Trinajstić information content (AvgIpc) is 2.05. The number of rotatable bonds is 0. The summed E-state index contributed by atoms with van der Waals surface area (Å²) in [6.07, 6.45) is 0. The number of aromatic hydroxyl groups is 1. The van der Waals surface area contributed by atoms with E-state index in [1.807, 2.05) is 0 Å². The van der Waals surface area contributed by atoms with Crippen LogP contribution in [0.2, 0.25) is 0 Å². The minimum atomic E-state index is -3.65. The molecule has 2 rings (SSSR count). The quantitative estimate of drug-likeness (QED) is 0.627. The summed E-state index contributed by atoms with van der Waals surface area (Å²) in [5.74, 6) is 0.229. The van der Waals surface area contributed by atoms with Gasteiger partial charge in [-0.1, -0.05) is 0 Å². The van der Waals surface area contributed by atoms with Crippen LogP contribution in [-0.4, -0.2) is 19.4 Å². The third-order valence-electron chi connectivity index (χ3n) is 1.82. The summed E-state index contributed by atoms with van der Waals surface area (Å²) < 4.78 is 26.5. The molecule has 0 amide bonds. The first-order valence-corrected chi connectivity index (χ1v) is 5.35. The van der Waals surface area contributed by atoms with Gasteiger partial charge in [-0.3, -0.25) is 0 Å². The van der Waals surface area contributed by atoms with E-state index in [-0.39, 0.29) is 10.6 Å². The first kappa shape index (κ1) is 9.01. The molecule has 0 unspecified atom stereocenters. The fourth-order valence-corrected chi connectivity index (χ4v) is 2.45. The molecule has 1 aliphatic heterocycles. The Morgan fingerprint density at radius 2 is 2.14 bits per heavy atom. The highest BCUT2D eigenvalue weighted by Crippen LogP contribution is 2.29. The maximum Gasteiger partial charge on any atom is 0.286 e. The predicted molar refractivity (Wildman–Crippen MR) is 52.0 cm³/mol. The van der Waals surface area contributed by atoms with Crippen LogP contribution in [0.4, 0.5) is 5.69 Å². The summed E-state index contributed by atoms with van der Waals surface area (Å²) in [6, 6.07) is 4.09. The molecule has 0 aliphatic carbocycles. The molecule has 0 atom stereocenters. The molecule has 1 aromatic rings. The van der Waals surface area contributed by atoms with Gasteiger partial charge in [-0.15, -0.1) is 4.40 Å². The third-order valence-corrected chi connectivity index (χ3v) is 3.22. The highest BCUT2D eigenvalue weighted by Gasteiger charge is 2.23. The smallest absolute Gasteiger partial charge is 0.286 e. The van der Waals surface area contributed by atoms with E-state index in [9.17, 15) is 8.42 Å². The number of anilines is 1. The van der Waals surface area contributed by atoms with Gasteiger partial charge in [-0.25, -0.2) is 0 Å². The molecule has 0 fully saturated rings. The van der Waals surface area contributed by atoms with Crippen LogP contribution < -0.4 is 5.32 Å². The molecular formula is C8H8N2O3S. The van der Waals surface area contributed by atoms with Crippen molar-refractivity contribution in [3.63, 3.8) is 0 Å². The van der Waals surface area contributed by atoms with Gasteiger partial charge < -0.3 is 10.4 Å². The van der Waals surface area contributed by atoms with Crippen LogP contribution in [-0.2, 0) is 10.0 Å². The highest BCUT2D eigenvalue weighted by molar-refractivity contribution is 7.90. The Balaban J connectivity index is 2.73. The summed E-state index contributed by atoms with van der Waals surface area (Å²) in [4.78, 5) is 0.00287. The molecular weight excluding hydrogens is 204 g/mol. The van der Waals surface area contributed by atoms with Crippen LogP contribution >= 0.6 is 0 Å². The van der Waals surface area contributed by atoms with E-state index in [0.29, 0.717) is 11.5 Å². The third kappa shape index (κ3) is 1.33. The fraction of sp³-hybridized carbons (Fsp3) is 0.125. The number of sulfonamides is 1. The number of phenolic OH excluding ortho intramolecular Hbond substituents is 1. The van der Waals surface area contributed by atoms with Crippen molar-refractivity contribution in [2.75, 3.05) is 5.32 Å². The van der Waals surface area contributed by atoms with Crippen molar-refractivity contribution in [3.05, 3.63) is 18.2 Å². The molecule has 1 aliphatic rings. The van der Waals surface area contributed by atoms with E-state index in [2.05, 4.69) is 9.71 Å². The topological polar surface area (TPSA) is 78.8 Å². The first-order chi connectivity index (χ1) is 6.49. The summed E-state index contributed by atoms with van der Waals surface area (Å²) >= 11 is 0. The van der Waals surface area contributed by atoms with Gasteiger partial charge in [0.25, 0.3) is 10.0 Å². The molecule has 0 bridgehead atoms. The van der Waals surface area contributed by atoms with Gasteiger partial charge in [0.1, 0.15) is 16.5 Å². The molecule has 1 heterocycles. The van der Waals surface area contributed by atoms with E-state index in [0.717, 1.165) is 0 Å². The van der Waals surface area contributed by atoms with Crippen molar-refractivity contribution in [3.8, 4) is 5.75 Å². The summed E-state index contributed by atoms with van der Waals surface area (Å²) in [5.41, 5.74) is 0.440. The van der Waals surface area contributed by atoms with E-state index < -0.39 is 10.0 Å². The van der Waals surface area contributed by atoms with Gasteiger partial charge in [-0.2, -0.15) is 8.42 Å². The molecule has 0 aromatic heterocycles. The zero-order valence-electron chi connectivity index (χ0n) is 7.35. The zero-order valence-corrected chi connectivity index (χ0v) is 8.17. The number of hydrogen-bond donors (Lipinski definition) is 2. The van der Waals surface area contributed by atoms with Crippen LogP contribution in [0, 0.1) is 0 Å². The van der Waals surface area contributed by atoms with Gasteiger partial charge in [0.15, 0.2) is 0 Å². The average molecular weight is 212 g/mol. The second-order valence-electron chi connectivity index (χ2n) is 2.96. The van der Waals surface area contributed by atoms with Crippen LogP contribution in [0.25, 0.3) is 0 Å². The predicted octanol–water partition coefficient (Wildman–Crippen LogP) is 0.925. The van der Waals surface area contributed by atoms with E-state index in [1.165, 1.54) is 18.2 Å². The van der Waals surface area contributed by atoms with Crippen molar-refractivity contribution in [2.24, 2.45) is 4.40 Å². The normalized spacial score (nSPS) is 17.9. The van der Waals surface area contributed by atoms with Crippen molar-refractivity contribution >= 4 is 21.5 Å². The van der Waals surface area contributed by atoms with Gasteiger partial charge in [0.2, 0.25) is 0 Å². The van der Waals surface area contributed by atoms with Crippen molar-refractivity contribution in [1.29, 1.82) is 0 Å². The monoisotopic (exact) mass is 212 g/mol. The second-order valence-corrected chi connectivity index (χ2v) is 4.53. The number of phenols is 1. The van der Waals surface area contributed by atoms with Crippen molar-refractivity contribution in [1.82, 2.24) is 0 Å². The van der Waals surface area contributed by atoms with E-state index >= 15 is 0 Å². The summed E-state index contributed by atoms with van der Waals surface area (Å²) in [6.45, 7) is 1.56. The minimum Gasteiger partial charge on any atom is -0.508 e. The molecule has 1 aromatic carbocycles. The SMILES string of the molecule is CC1=NS(=O)(=O)c2cc(O)ccc2N1. The lowest BCUT2D eigenvalue weighted by molar-refractivity contribution is 0.473. The second kappa shape index (κ2) is 2.71. The lowest BCUT2D eigenvalue weighted by Gasteiger charge is -2.15. The lowest BCUT2D eigenvalue weighted by Crippen LogP contribution is -2.18. The molecule has 0 spiro atoms. The molecule has 14 heavy (non-hydrogen) atoms. The molecule has 2 N–H and O–H groups in total. The summed E-state index contributed by atoms with van der Waals surface area (Å²) in [5, 5.41) is 11.9. The number of fused-ring (bicyclic) bond motifs is 1. The Kier molecular flexibility index (Phi) is 1.75. The molecule has 6 heteroatoms.